The summed E-state index contributed by atoms with van der Waals surface area (Å²) in [7, 11) is 1.58. The number of rotatable bonds is 5. The lowest BCUT2D eigenvalue weighted by molar-refractivity contribution is -0.119. The van der Waals surface area contributed by atoms with Crippen molar-refractivity contribution in [1.82, 2.24) is 14.9 Å². The molecule has 2 aromatic rings. The monoisotopic (exact) mass is 289 g/mol. The van der Waals surface area contributed by atoms with Crippen molar-refractivity contribution in [2.75, 3.05) is 13.7 Å². The van der Waals surface area contributed by atoms with Crippen LogP contribution in [-0.4, -0.2) is 29.2 Å². The number of benzene rings is 1. The van der Waals surface area contributed by atoms with Crippen LogP contribution in [0.1, 0.15) is 25.7 Å². The number of fused-ring (bicyclic) bond motifs is 1. The van der Waals surface area contributed by atoms with E-state index in [-0.39, 0.29) is 17.5 Å². The van der Waals surface area contributed by atoms with Gasteiger partial charge in [0, 0.05) is 14.0 Å². The summed E-state index contributed by atoms with van der Waals surface area (Å²) in [6.45, 7) is 4.04. The van der Waals surface area contributed by atoms with Gasteiger partial charge in [0.2, 0.25) is 5.91 Å². The minimum absolute atomic E-state index is 0.121. The fourth-order valence-electron chi connectivity index (χ4n) is 2.28. The largest absolute Gasteiger partial charge is 0.383 e. The third-order valence-electron chi connectivity index (χ3n) is 3.22. The lowest BCUT2D eigenvalue weighted by Crippen LogP contribution is -2.33. The molecule has 1 N–H and O–H groups in total. The second kappa shape index (κ2) is 6.49. The maximum absolute atomic E-state index is 12.6. The average Bonchev–Trinajstić information content (AvgIpc) is 2.45. The quantitative estimate of drug-likeness (QED) is 0.898. The van der Waals surface area contributed by atoms with E-state index in [1.54, 1.807) is 30.7 Å². The first-order valence-electron chi connectivity index (χ1n) is 6.80. The summed E-state index contributed by atoms with van der Waals surface area (Å²) in [5.41, 5.74) is 0.508. The lowest BCUT2D eigenvalue weighted by Gasteiger charge is -2.18. The Hall–Kier alpha value is -2.21. The van der Waals surface area contributed by atoms with E-state index in [9.17, 15) is 9.59 Å². The Morgan fingerprint density at radius 3 is 2.81 bits per heavy atom. The van der Waals surface area contributed by atoms with Crippen LogP contribution < -0.4 is 10.9 Å². The molecule has 0 saturated heterocycles. The van der Waals surface area contributed by atoms with Crippen LogP contribution in [0.25, 0.3) is 10.9 Å². The SMILES string of the molecule is COCCn1c(C(C)NC(C)=O)nc2ccccc2c1=O. The molecule has 0 fully saturated rings. The Kier molecular flexibility index (Phi) is 4.70. The van der Waals surface area contributed by atoms with E-state index in [2.05, 4.69) is 10.3 Å². The zero-order valence-electron chi connectivity index (χ0n) is 12.4. The van der Waals surface area contributed by atoms with Crippen LogP contribution in [0, 0.1) is 0 Å². The topological polar surface area (TPSA) is 73.2 Å². The van der Waals surface area contributed by atoms with Crippen molar-refractivity contribution in [3.63, 3.8) is 0 Å². The summed E-state index contributed by atoms with van der Waals surface area (Å²) in [5.74, 6) is 0.370. The van der Waals surface area contributed by atoms with Crippen LogP contribution in [0.3, 0.4) is 0 Å². The van der Waals surface area contributed by atoms with Crippen molar-refractivity contribution in [2.24, 2.45) is 0 Å². The molecule has 6 nitrogen and oxygen atoms in total. The Labute approximate surface area is 122 Å². The number of methoxy groups -OCH3 is 1. The molecule has 1 aromatic heterocycles. The fraction of sp³-hybridized carbons (Fsp3) is 0.400. The zero-order chi connectivity index (χ0) is 15.4. The average molecular weight is 289 g/mol. The highest BCUT2D eigenvalue weighted by Crippen LogP contribution is 2.13. The summed E-state index contributed by atoms with van der Waals surface area (Å²) < 4.78 is 6.62. The number of aromatic nitrogens is 2. The molecule has 0 radical (unpaired) electrons. The van der Waals surface area contributed by atoms with E-state index in [4.69, 9.17) is 4.74 Å². The van der Waals surface area contributed by atoms with Gasteiger partial charge < -0.3 is 10.1 Å². The predicted molar refractivity (Wildman–Crippen MR) is 80.1 cm³/mol. The number of hydrogen-bond donors (Lipinski definition) is 1. The molecule has 0 aliphatic rings. The van der Waals surface area contributed by atoms with Gasteiger partial charge in [-0.2, -0.15) is 0 Å². The van der Waals surface area contributed by atoms with E-state index in [0.717, 1.165) is 0 Å². The number of nitrogens with one attached hydrogen (secondary N) is 1. The van der Waals surface area contributed by atoms with E-state index in [1.165, 1.54) is 6.92 Å². The standard InChI is InChI=1S/C15H19N3O3/c1-10(16-11(2)19)14-17-13-7-5-4-6-12(13)15(20)18(14)8-9-21-3/h4-7,10H,8-9H2,1-3H3,(H,16,19). The van der Waals surface area contributed by atoms with Crippen molar-refractivity contribution >= 4 is 16.8 Å². The Balaban J connectivity index is 2.59. The molecular weight excluding hydrogens is 270 g/mol. The van der Waals surface area contributed by atoms with E-state index < -0.39 is 0 Å². The van der Waals surface area contributed by atoms with Crippen molar-refractivity contribution in [3.05, 3.63) is 40.4 Å². The third-order valence-corrected chi connectivity index (χ3v) is 3.22. The van der Waals surface area contributed by atoms with Crippen LogP contribution in [-0.2, 0) is 16.1 Å². The predicted octanol–water partition coefficient (Wildman–Crippen LogP) is 1.24. The van der Waals surface area contributed by atoms with Crippen LogP contribution in [0.5, 0.6) is 0 Å². The molecule has 0 spiro atoms. The number of hydrogen-bond acceptors (Lipinski definition) is 4. The fourth-order valence-corrected chi connectivity index (χ4v) is 2.28. The van der Waals surface area contributed by atoms with Crippen LogP contribution >= 0.6 is 0 Å². The number of carbonyl (C=O) groups excluding carboxylic acids is 1. The Morgan fingerprint density at radius 1 is 1.43 bits per heavy atom. The maximum Gasteiger partial charge on any atom is 0.261 e. The summed E-state index contributed by atoms with van der Waals surface area (Å²) >= 11 is 0. The minimum Gasteiger partial charge on any atom is -0.383 e. The van der Waals surface area contributed by atoms with Crippen LogP contribution in [0.4, 0.5) is 0 Å². The van der Waals surface area contributed by atoms with Gasteiger partial charge in [-0.3, -0.25) is 14.2 Å². The molecule has 0 aliphatic heterocycles. The number of para-hydroxylation sites is 1. The third kappa shape index (κ3) is 3.28. The second-order valence-corrected chi connectivity index (χ2v) is 4.86. The van der Waals surface area contributed by atoms with Crippen molar-refractivity contribution in [2.45, 2.75) is 26.4 Å². The van der Waals surface area contributed by atoms with E-state index >= 15 is 0 Å². The second-order valence-electron chi connectivity index (χ2n) is 4.86. The van der Waals surface area contributed by atoms with Crippen molar-refractivity contribution < 1.29 is 9.53 Å². The molecule has 2 rings (SSSR count). The van der Waals surface area contributed by atoms with Gasteiger partial charge in [-0.05, 0) is 19.1 Å². The first-order chi connectivity index (χ1) is 10.0. The molecule has 1 heterocycles. The van der Waals surface area contributed by atoms with E-state index in [1.807, 2.05) is 12.1 Å². The molecule has 21 heavy (non-hydrogen) atoms. The highest BCUT2D eigenvalue weighted by atomic mass is 16.5. The van der Waals surface area contributed by atoms with Crippen LogP contribution in [0.2, 0.25) is 0 Å². The highest BCUT2D eigenvalue weighted by molar-refractivity contribution is 5.77. The molecule has 0 bridgehead atoms. The molecule has 1 amide bonds. The Morgan fingerprint density at radius 2 is 2.14 bits per heavy atom. The van der Waals surface area contributed by atoms with Gasteiger partial charge in [-0.15, -0.1) is 0 Å². The summed E-state index contributed by atoms with van der Waals surface area (Å²) in [4.78, 5) is 28.4. The minimum atomic E-state index is -0.350. The zero-order valence-corrected chi connectivity index (χ0v) is 12.4. The summed E-state index contributed by atoms with van der Waals surface area (Å²) in [5, 5.41) is 3.33. The van der Waals surface area contributed by atoms with Gasteiger partial charge in [-0.25, -0.2) is 4.98 Å². The van der Waals surface area contributed by atoms with Gasteiger partial charge in [0.15, 0.2) is 0 Å². The van der Waals surface area contributed by atoms with Gasteiger partial charge in [0.25, 0.3) is 5.56 Å². The van der Waals surface area contributed by atoms with Gasteiger partial charge >= 0.3 is 0 Å². The number of amides is 1. The number of carbonyl (C=O) groups is 1. The smallest absolute Gasteiger partial charge is 0.261 e. The highest BCUT2D eigenvalue weighted by Gasteiger charge is 2.16. The molecule has 1 aromatic carbocycles. The molecule has 1 unspecified atom stereocenters. The van der Waals surface area contributed by atoms with E-state index in [0.29, 0.717) is 29.9 Å². The molecule has 6 heteroatoms. The first kappa shape index (κ1) is 15.2. The summed E-state index contributed by atoms with van der Waals surface area (Å²) in [6, 6.07) is 6.84. The first-order valence-corrected chi connectivity index (χ1v) is 6.80. The van der Waals surface area contributed by atoms with Crippen molar-refractivity contribution in [1.29, 1.82) is 0 Å². The molecule has 0 aliphatic carbocycles. The molecule has 112 valence electrons. The molecular formula is C15H19N3O3. The summed E-state index contributed by atoms with van der Waals surface area (Å²) in [6.07, 6.45) is 0. The number of ether oxygens (including phenoxy) is 1. The Bertz CT molecular complexity index is 709. The van der Waals surface area contributed by atoms with Crippen LogP contribution in [0.15, 0.2) is 29.1 Å². The molecule has 1 atom stereocenters. The van der Waals surface area contributed by atoms with Crippen molar-refractivity contribution in [3.8, 4) is 0 Å². The normalized spacial score (nSPS) is 12.3. The van der Waals surface area contributed by atoms with Gasteiger partial charge in [0.05, 0.1) is 30.1 Å². The number of nitrogens with zero attached hydrogens (tertiary/aromatic N) is 2. The maximum atomic E-state index is 12.6. The molecule has 0 saturated carbocycles. The van der Waals surface area contributed by atoms with Gasteiger partial charge in [-0.1, -0.05) is 12.1 Å². The lowest BCUT2D eigenvalue weighted by atomic mass is 10.2. The van der Waals surface area contributed by atoms with Gasteiger partial charge in [0.1, 0.15) is 5.82 Å².